The second-order valence-electron chi connectivity index (χ2n) is 5.81. The van der Waals surface area contributed by atoms with E-state index >= 15 is 0 Å². The van der Waals surface area contributed by atoms with Crippen LogP contribution in [-0.4, -0.2) is 21.2 Å². The fraction of sp³-hybridized carbons (Fsp3) is 0.150. The molecule has 0 radical (unpaired) electrons. The van der Waals surface area contributed by atoms with E-state index in [1.54, 1.807) is 0 Å². The molecule has 0 fully saturated rings. The van der Waals surface area contributed by atoms with Crippen molar-refractivity contribution in [3.8, 4) is 11.1 Å². The second-order valence-corrected chi connectivity index (χ2v) is 5.81. The van der Waals surface area contributed by atoms with Gasteiger partial charge in [-0.1, -0.05) is 48.5 Å². The maximum Gasteiger partial charge on any atom is 0.101 e. The van der Waals surface area contributed by atoms with Gasteiger partial charge in [0.2, 0.25) is 0 Å². The number of hydrogen-bond acceptors (Lipinski definition) is 3. The second kappa shape index (κ2) is 5.89. The van der Waals surface area contributed by atoms with Crippen molar-refractivity contribution in [2.75, 3.05) is 0 Å². The summed E-state index contributed by atoms with van der Waals surface area (Å²) >= 11 is 0. The molecule has 0 N–H and O–H groups in total. The van der Waals surface area contributed by atoms with E-state index in [9.17, 15) is 0 Å². The minimum absolute atomic E-state index is 0.850. The quantitative estimate of drug-likeness (QED) is 0.414. The van der Waals surface area contributed by atoms with E-state index in [2.05, 4.69) is 58.6 Å². The molecule has 24 heavy (non-hydrogen) atoms. The van der Waals surface area contributed by atoms with Crippen molar-refractivity contribution in [2.45, 2.75) is 20.4 Å². The SMILES string of the molecule is CCn1cc(C(C)=NN=C2c3ccccc3-c3ccccc32)cn1. The van der Waals surface area contributed by atoms with Gasteiger partial charge in [-0.25, -0.2) is 0 Å². The first-order valence-corrected chi connectivity index (χ1v) is 8.12. The monoisotopic (exact) mass is 314 g/mol. The zero-order valence-electron chi connectivity index (χ0n) is 13.8. The number of nitrogens with zero attached hydrogens (tertiary/aromatic N) is 4. The molecular formula is C20H18N4. The molecule has 1 aliphatic rings. The molecular weight excluding hydrogens is 296 g/mol. The van der Waals surface area contributed by atoms with Gasteiger partial charge in [0, 0.05) is 29.4 Å². The van der Waals surface area contributed by atoms with Crippen LogP contribution < -0.4 is 0 Å². The Hall–Kier alpha value is -3.01. The Morgan fingerprint density at radius 1 is 0.958 bits per heavy atom. The van der Waals surface area contributed by atoms with Crippen molar-refractivity contribution in [1.29, 1.82) is 0 Å². The zero-order chi connectivity index (χ0) is 16.5. The summed E-state index contributed by atoms with van der Waals surface area (Å²) in [6.45, 7) is 4.88. The largest absolute Gasteiger partial charge is 0.272 e. The summed E-state index contributed by atoms with van der Waals surface area (Å²) in [5, 5.41) is 13.4. The number of rotatable bonds is 3. The van der Waals surface area contributed by atoms with Crippen LogP contribution in [0, 0.1) is 0 Å². The summed E-state index contributed by atoms with van der Waals surface area (Å²) in [5.74, 6) is 0. The number of aromatic nitrogens is 2. The van der Waals surface area contributed by atoms with Crippen LogP contribution in [-0.2, 0) is 6.54 Å². The van der Waals surface area contributed by atoms with Gasteiger partial charge in [0.05, 0.1) is 11.9 Å². The van der Waals surface area contributed by atoms with E-state index in [0.29, 0.717) is 0 Å². The molecule has 0 saturated heterocycles. The first kappa shape index (κ1) is 14.6. The normalized spacial score (nSPS) is 12.9. The molecule has 0 saturated carbocycles. The number of benzene rings is 2. The average Bonchev–Trinajstić information content (AvgIpc) is 3.23. The molecule has 0 aliphatic heterocycles. The van der Waals surface area contributed by atoms with Crippen LogP contribution in [0.3, 0.4) is 0 Å². The molecule has 1 aromatic heterocycles. The third-order valence-electron chi connectivity index (χ3n) is 4.33. The summed E-state index contributed by atoms with van der Waals surface area (Å²) in [7, 11) is 0. The van der Waals surface area contributed by atoms with Crippen LogP contribution in [0.5, 0.6) is 0 Å². The highest BCUT2D eigenvalue weighted by molar-refractivity contribution is 6.24. The molecule has 1 aliphatic carbocycles. The number of hydrogen-bond donors (Lipinski definition) is 0. The minimum atomic E-state index is 0.850. The number of fused-ring (bicyclic) bond motifs is 3. The van der Waals surface area contributed by atoms with E-state index < -0.39 is 0 Å². The van der Waals surface area contributed by atoms with Gasteiger partial charge in [0.1, 0.15) is 5.71 Å². The molecule has 0 atom stereocenters. The highest BCUT2D eigenvalue weighted by Gasteiger charge is 2.23. The lowest BCUT2D eigenvalue weighted by atomic mass is 10.1. The van der Waals surface area contributed by atoms with Crippen LogP contribution in [0.15, 0.2) is 71.1 Å². The van der Waals surface area contributed by atoms with Gasteiger partial charge >= 0.3 is 0 Å². The van der Waals surface area contributed by atoms with E-state index in [4.69, 9.17) is 0 Å². The van der Waals surface area contributed by atoms with Gasteiger partial charge in [0.25, 0.3) is 0 Å². The summed E-state index contributed by atoms with van der Waals surface area (Å²) in [4.78, 5) is 0. The Morgan fingerprint density at radius 3 is 2.08 bits per heavy atom. The lowest BCUT2D eigenvalue weighted by molar-refractivity contribution is 0.660. The zero-order valence-corrected chi connectivity index (χ0v) is 13.8. The molecule has 0 bridgehead atoms. The Morgan fingerprint density at radius 2 is 1.54 bits per heavy atom. The molecule has 4 nitrogen and oxygen atoms in total. The van der Waals surface area contributed by atoms with Crippen LogP contribution in [0.1, 0.15) is 30.5 Å². The van der Waals surface area contributed by atoms with E-state index in [1.807, 2.05) is 36.1 Å². The van der Waals surface area contributed by atoms with Crippen LogP contribution in [0.4, 0.5) is 0 Å². The Balaban J connectivity index is 1.78. The van der Waals surface area contributed by atoms with Gasteiger partial charge in [-0.15, -0.1) is 5.10 Å². The topological polar surface area (TPSA) is 42.5 Å². The van der Waals surface area contributed by atoms with E-state index in [0.717, 1.165) is 34.7 Å². The first-order chi connectivity index (χ1) is 11.8. The van der Waals surface area contributed by atoms with E-state index in [-0.39, 0.29) is 0 Å². The van der Waals surface area contributed by atoms with Crippen LogP contribution in [0.25, 0.3) is 11.1 Å². The van der Waals surface area contributed by atoms with Gasteiger partial charge in [-0.05, 0) is 25.0 Å². The Bertz CT molecular complexity index is 916. The third-order valence-corrected chi connectivity index (χ3v) is 4.33. The van der Waals surface area contributed by atoms with Crippen LogP contribution >= 0.6 is 0 Å². The fourth-order valence-corrected chi connectivity index (χ4v) is 3.01. The minimum Gasteiger partial charge on any atom is -0.272 e. The third kappa shape index (κ3) is 2.36. The van der Waals surface area contributed by atoms with Crippen molar-refractivity contribution < 1.29 is 0 Å². The predicted molar refractivity (Wildman–Crippen MR) is 97.6 cm³/mol. The van der Waals surface area contributed by atoms with Gasteiger partial charge in [-0.2, -0.15) is 10.2 Å². The standard InChI is InChI=1S/C20H18N4/c1-3-24-13-15(12-21-24)14(2)22-23-20-18-10-6-4-8-16(18)17-9-5-7-11-19(17)20/h4-13H,3H2,1-2H3. The van der Waals surface area contributed by atoms with Crippen molar-refractivity contribution in [3.05, 3.63) is 77.6 Å². The summed E-state index contributed by atoms with van der Waals surface area (Å²) in [6, 6.07) is 16.7. The maximum absolute atomic E-state index is 4.58. The van der Waals surface area contributed by atoms with Crippen LogP contribution in [0.2, 0.25) is 0 Å². The molecule has 4 heteroatoms. The maximum atomic E-state index is 4.58. The lowest BCUT2D eigenvalue weighted by Crippen LogP contribution is -1.99. The molecule has 2 aromatic carbocycles. The lowest BCUT2D eigenvalue weighted by Gasteiger charge is -1.99. The number of aryl methyl sites for hydroxylation is 1. The molecule has 0 unspecified atom stereocenters. The van der Waals surface area contributed by atoms with Gasteiger partial charge in [-0.3, -0.25) is 4.68 Å². The van der Waals surface area contributed by atoms with E-state index in [1.165, 1.54) is 11.1 Å². The molecule has 3 aromatic rings. The van der Waals surface area contributed by atoms with Crippen molar-refractivity contribution >= 4 is 11.4 Å². The van der Waals surface area contributed by atoms with Gasteiger partial charge < -0.3 is 0 Å². The average molecular weight is 314 g/mol. The summed E-state index contributed by atoms with van der Waals surface area (Å²) in [6.07, 6.45) is 3.83. The Kier molecular flexibility index (Phi) is 3.58. The predicted octanol–water partition coefficient (Wildman–Crippen LogP) is 4.15. The molecule has 118 valence electrons. The molecule has 0 spiro atoms. The summed E-state index contributed by atoms with van der Waals surface area (Å²) in [5.41, 5.74) is 7.52. The highest BCUT2D eigenvalue weighted by atomic mass is 15.3. The van der Waals surface area contributed by atoms with Crippen molar-refractivity contribution in [1.82, 2.24) is 9.78 Å². The molecule has 4 rings (SSSR count). The van der Waals surface area contributed by atoms with Crippen molar-refractivity contribution in [2.24, 2.45) is 10.2 Å². The summed E-state index contributed by atoms with van der Waals surface area (Å²) < 4.78 is 1.89. The van der Waals surface area contributed by atoms with Crippen molar-refractivity contribution in [3.63, 3.8) is 0 Å². The first-order valence-electron chi connectivity index (χ1n) is 8.12. The smallest absolute Gasteiger partial charge is 0.101 e. The van der Waals surface area contributed by atoms with Gasteiger partial charge in [0.15, 0.2) is 0 Å². The Labute approximate surface area is 141 Å². The highest BCUT2D eigenvalue weighted by Crippen LogP contribution is 2.36. The fourth-order valence-electron chi connectivity index (χ4n) is 3.01. The molecule has 1 heterocycles. The molecule has 0 amide bonds.